The van der Waals surface area contributed by atoms with Gasteiger partial charge >= 0.3 is 0 Å². The average Bonchev–Trinajstić information content (AvgIpc) is 2.79. The highest BCUT2D eigenvalue weighted by Crippen LogP contribution is 2.33. The van der Waals surface area contributed by atoms with Crippen LogP contribution in [0.15, 0.2) is 18.2 Å². The van der Waals surface area contributed by atoms with Crippen LogP contribution in [0.25, 0.3) is 0 Å². The van der Waals surface area contributed by atoms with Crippen LogP contribution in [0, 0.1) is 5.41 Å². The molecule has 0 saturated carbocycles. The average molecular weight is 337 g/mol. The van der Waals surface area contributed by atoms with Crippen LogP contribution in [-0.2, 0) is 15.8 Å². The summed E-state index contributed by atoms with van der Waals surface area (Å²) in [7, 11) is -3.43. The van der Waals surface area contributed by atoms with E-state index in [0.717, 1.165) is 6.42 Å². The van der Waals surface area contributed by atoms with Gasteiger partial charge < -0.3 is 5.73 Å². The summed E-state index contributed by atoms with van der Waals surface area (Å²) < 4.78 is 26.4. The fraction of sp³-hybridized carbons (Fsp3) is 0.538. The summed E-state index contributed by atoms with van der Waals surface area (Å²) in [5.74, 6) is -0.174. The number of hydrogen-bond donors (Lipinski definition) is 1. The number of rotatable bonds is 4. The first-order chi connectivity index (χ1) is 9.27. The quantitative estimate of drug-likeness (QED) is 0.918. The van der Waals surface area contributed by atoms with E-state index in [1.807, 2.05) is 6.92 Å². The van der Waals surface area contributed by atoms with E-state index in [4.69, 9.17) is 28.9 Å². The van der Waals surface area contributed by atoms with Gasteiger partial charge in [-0.1, -0.05) is 36.2 Å². The number of hydrogen-bond acceptors (Lipinski definition) is 3. The molecule has 7 heteroatoms. The van der Waals surface area contributed by atoms with Crippen molar-refractivity contribution in [1.82, 2.24) is 4.31 Å². The van der Waals surface area contributed by atoms with Crippen LogP contribution in [-0.4, -0.2) is 32.4 Å². The lowest BCUT2D eigenvalue weighted by Crippen LogP contribution is -2.35. The highest BCUT2D eigenvalue weighted by molar-refractivity contribution is 7.88. The fourth-order valence-electron chi connectivity index (χ4n) is 2.33. The number of halogens is 2. The molecular weight excluding hydrogens is 319 g/mol. The van der Waals surface area contributed by atoms with Crippen LogP contribution >= 0.6 is 23.2 Å². The Kier molecular flexibility index (Phi) is 4.66. The highest BCUT2D eigenvalue weighted by Gasteiger charge is 2.38. The molecule has 1 aliphatic heterocycles. The Labute approximate surface area is 129 Å². The topological polar surface area (TPSA) is 63.4 Å². The Morgan fingerprint density at radius 2 is 1.95 bits per heavy atom. The zero-order valence-corrected chi connectivity index (χ0v) is 13.6. The Hall–Kier alpha value is -0.330. The van der Waals surface area contributed by atoms with Crippen LogP contribution in [0.2, 0.25) is 10.0 Å². The maximum Gasteiger partial charge on any atom is 0.218 e. The Bertz CT molecular complexity index is 586. The van der Waals surface area contributed by atoms with Gasteiger partial charge in [-0.3, -0.25) is 0 Å². The molecule has 0 radical (unpaired) electrons. The summed E-state index contributed by atoms with van der Waals surface area (Å²) in [5.41, 5.74) is 6.02. The van der Waals surface area contributed by atoms with Crippen molar-refractivity contribution >= 4 is 33.2 Å². The van der Waals surface area contributed by atoms with Crippen molar-refractivity contribution in [1.29, 1.82) is 0 Å². The van der Waals surface area contributed by atoms with Crippen LogP contribution < -0.4 is 5.73 Å². The van der Waals surface area contributed by atoms with Crippen LogP contribution in [0.1, 0.15) is 18.9 Å². The molecule has 0 aromatic heterocycles. The van der Waals surface area contributed by atoms with E-state index < -0.39 is 10.0 Å². The molecule has 1 fully saturated rings. The summed E-state index contributed by atoms with van der Waals surface area (Å²) in [6, 6.07) is 4.99. The lowest BCUT2D eigenvalue weighted by atomic mass is 9.90. The van der Waals surface area contributed by atoms with Crippen molar-refractivity contribution in [3.05, 3.63) is 33.8 Å². The number of benzene rings is 1. The number of sulfonamides is 1. The standard InChI is InChI=1S/C13H18Cl2N2O2S/c1-13(8-16)5-6-17(9-13)20(18,19)7-10-11(14)3-2-4-12(10)15/h2-4H,5-9,16H2,1H3. The molecule has 2 rings (SSSR count). The minimum Gasteiger partial charge on any atom is -0.330 e. The van der Waals surface area contributed by atoms with Crippen LogP contribution in [0.5, 0.6) is 0 Å². The molecule has 20 heavy (non-hydrogen) atoms. The van der Waals surface area contributed by atoms with Crippen molar-refractivity contribution in [2.45, 2.75) is 19.1 Å². The van der Waals surface area contributed by atoms with Crippen molar-refractivity contribution in [2.75, 3.05) is 19.6 Å². The van der Waals surface area contributed by atoms with E-state index in [9.17, 15) is 8.42 Å². The fourth-order valence-corrected chi connectivity index (χ4v) is 4.75. The lowest BCUT2D eigenvalue weighted by Gasteiger charge is -2.22. The predicted octanol–water partition coefficient (Wildman–Crippen LogP) is 2.49. The molecule has 2 N–H and O–H groups in total. The van der Waals surface area contributed by atoms with Gasteiger partial charge in [0.05, 0.1) is 5.75 Å². The molecule has 0 spiro atoms. The third-order valence-corrected chi connectivity index (χ3v) is 6.26. The first kappa shape index (κ1) is 16.0. The number of nitrogens with two attached hydrogens (primary N) is 1. The third kappa shape index (κ3) is 3.28. The second kappa shape index (κ2) is 5.81. The summed E-state index contributed by atoms with van der Waals surface area (Å²) >= 11 is 12.1. The van der Waals surface area contributed by atoms with E-state index >= 15 is 0 Å². The Morgan fingerprint density at radius 3 is 2.45 bits per heavy atom. The van der Waals surface area contributed by atoms with Crippen molar-refractivity contribution in [3.63, 3.8) is 0 Å². The zero-order chi connectivity index (χ0) is 15.0. The first-order valence-electron chi connectivity index (χ1n) is 6.38. The molecule has 1 aliphatic rings. The molecule has 1 aromatic rings. The molecule has 1 atom stereocenters. The molecule has 0 bridgehead atoms. The summed E-state index contributed by atoms with van der Waals surface area (Å²) in [6.07, 6.45) is 0.777. The predicted molar refractivity (Wildman–Crippen MR) is 82.4 cm³/mol. The van der Waals surface area contributed by atoms with Crippen LogP contribution in [0.4, 0.5) is 0 Å². The van der Waals surface area contributed by atoms with E-state index in [2.05, 4.69) is 0 Å². The molecule has 1 saturated heterocycles. The van der Waals surface area contributed by atoms with Crippen molar-refractivity contribution in [3.8, 4) is 0 Å². The van der Waals surface area contributed by atoms with Crippen molar-refractivity contribution in [2.24, 2.45) is 11.1 Å². The second-order valence-corrected chi connectivity index (χ2v) is 8.34. The third-order valence-electron chi connectivity index (χ3n) is 3.80. The summed E-state index contributed by atoms with van der Waals surface area (Å²) in [5, 5.41) is 0.753. The molecule has 0 aliphatic carbocycles. The Balaban J connectivity index is 2.21. The van der Waals surface area contributed by atoms with Gasteiger partial charge in [0.25, 0.3) is 0 Å². The largest absolute Gasteiger partial charge is 0.330 e. The molecular formula is C13H18Cl2N2O2S. The van der Waals surface area contributed by atoms with E-state index in [1.54, 1.807) is 18.2 Å². The molecule has 4 nitrogen and oxygen atoms in total. The van der Waals surface area contributed by atoms with E-state index in [1.165, 1.54) is 4.31 Å². The molecule has 1 aromatic carbocycles. The SMILES string of the molecule is CC1(CN)CCN(S(=O)(=O)Cc2c(Cl)cccc2Cl)C1. The zero-order valence-electron chi connectivity index (χ0n) is 11.3. The summed E-state index contributed by atoms with van der Waals surface area (Å²) in [6.45, 7) is 3.43. The smallest absolute Gasteiger partial charge is 0.218 e. The maximum atomic E-state index is 12.5. The Morgan fingerprint density at radius 1 is 1.35 bits per heavy atom. The molecule has 1 heterocycles. The normalized spacial score (nSPS) is 24.2. The minimum absolute atomic E-state index is 0.142. The van der Waals surface area contributed by atoms with Gasteiger partial charge in [0, 0.05) is 28.7 Å². The minimum atomic E-state index is -3.43. The maximum absolute atomic E-state index is 12.5. The van der Waals surface area contributed by atoms with Gasteiger partial charge in [0.1, 0.15) is 0 Å². The first-order valence-corrected chi connectivity index (χ1v) is 8.75. The van der Waals surface area contributed by atoms with Gasteiger partial charge in [0.15, 0.2) is 0 Å². The van der Waals surface area contributed by atoms with Gasteiger partial charge in [-0.2, -0.15) is 0 Å². The summed E-state index contributed by atoms with van der Waals surface area (Å²) in [4.78, 5) is 0. The second-order valence-electron chi connectivity index (χ2n) is 5.55. The van der Waals surface area contributed by atoms with Gasteiger partial charge in [-0.05, 0) is 30.5 Å². The van der Waals surface area contributed by atoms with E-state index in [-0.39, 0.29) is 11.2 Å². The van der Waals surface area contributed by atoms with Crippen LogP contribution in [0.3, 0.4) is 0 Å². The number of nitrogens with zero attached hydrogens (tertiary/aromatic N) is 1. The van der Waals surface area contributed by atoms with Gasteiger partial charge in [0.2, 0.25) is 10.0 Å². The van der Waals surface area contributed by atoms with E-state index in [0.29, 0.717) is 35.2 Å². The molecule has 1 unspecified atom stereocenters. The molecule has 112 valence electrons. The van der Waals surface area contributed by atoms with Gasteiger partial charge in [-0.25, -0.2) is 12.7 Å². The lowest BCUT2D eigenvalue weighted by molar-refractivity contribution is 0.349. The highest BCUT2D eigenvalue weighted by atomic mass is 35.5. The van der Waals surface area contributed by atoms with Gasteiger partial charge in [-0.15, -0.1) is 0 Å². The molecule has 0 amide bonds. The monoisotopic (exact) mass is 336 g/mol. The van der Waals surface area contributed by atoms with Crippen molar-refractivity contribution < 1.29 is 8.42 Å².